The molecule has 3 N–H and O–H groups in total. The fraction of sp³-hybridized carbons (Fsp3) is 0.438. The predicted molar refractivity (Wildman–Crippen MR) is 78.4 cm³/mol. The van der Waals surface area contributed by atoms with E-state index in [0.29, 0.717) is 12.1 Å². The van der Waals surface area contributed by atoms with Gasteiger partial charge in [-0.15, -0.1) is 0 Å². The number of carbonyl (C=O) groups excluding carboxylic acids is 1. The maximum atomic E-state index is 12.4. The molecule has 2 aliphatic rings. The van der Waals surface area contributed by atoms with E-state index in [4.69, 9.17) is 0 Å². The minimum Gasteiger partial charge on any atom is -0.361 e. The van der Waals surface area contributed by atoms with Crippen molar-refractivity contribution < 1.29 is 4.79 Å². The SMILES string of the molecule is O=C1N[C@H]2CCCC[C@@H]2NC1c1c[nH]c2ccccc12. The largest absolute Gasteiger partial charge is 0.361 e. The third-order valence-corrected chi connectivity index (χ3v) is 4.67. The van der Waals surface area contributed by atoms with E-state index >= 15 is 0 Å². The first-order valence-corrected chi connectivity index (χ1v) is 7.45. The van der Waals surface area contributed by atoms with Crippen LogP contribution in [-0.2, 0) is 4.79 Å². The topological polar surface area (TPSA) is 56.9 Å². The van der Waals surface area contributed by atoms with Crippen molar-refractivity contribution in [1.29, 1.82) is 0 Å². The smallest absolute Gasteiger partial charge is 0.242 e. The Morgan fingerprint density at radius 1 is 1.05 bits per heavy atom. The second-order valence-electron chi connectivity index (χ2n) is 5.90. The molecule has 1 amide bonds. The number of hydrogen-bond acceptors (Lipinski definition) is 2. The van der Waals surface area contributed by atoms with Crippen molar-refractivity contribution in [3.8, 4) is 0 Å². The first kappa shape index (κ1) is 12.0. The lowest BCUT2D eigenvalue weighted by molar-refractivity contribution is -0.127. The summed E-state index contributed by atoms with van der Waals surface area (Å²) < 4.78 is 0. The number of aromatic nitrogens is 1. The van der Waals surface area contributed by atoms with E-state index < -0.39 is 0 Å². The summed E-state index contributed by atoms with van der Waals surface area (Å²) in [5.41, 5.74) is 2.14. The molecule has 4 rings (SSSR count). The lowest BCUT2D eigenvalue weighted by Gasteiger charge is -2.40. The van der Waals surface area contributed by atoms with Gasteiger partial charge in [-0.25, -0.2) is 0 Å². The average molecular weight is 269 g/mol. The van der Waals surface area contributed by atoms with E-state index in [0.717, 1.165) is 29.3 Å². The molecule has 4 nitrogen and oxygen atoms in total. The van der Waals surface area contributed by atoms with Crippen LogP contribution in [0.2, 0.25) is 0 Å². The molecule has 0 spiro atoms. The van der Waals surface area contributed by atoms with Crippen molar-refractivity contribution >= 4 is 16.8 Å². The molecule has 0 radical (unpaired) electrons. The Morgan fingerprint density at radius 3 is 2.75 bits per heavy atom. The molecule has 1 unspecified atom stereocenters. The molecule has 0 bridgehead atoms. The summed E-state index contributed by atoms with van der Waals surface area (Å²) in [6.45, 7) is 0. The molecule has 1 saturated carbocycles. The van der Waals surface area contributed by atoms with Crippen LogP contribution in [0.4, 0.5) is 0 Å². The van der Waals surface area contributed by atoms with Crippen LogP contribution in [0, 0.1) is 0 Å². The maximum absolute atomic E-state index is 12.4. The minimum atomic E-state index is -0.231. The number of H-pyrrole nitrogens is 1. The van der Waals surface area contributed by atoms with Crippen molar-refractivity contribution in [2.75, 3.05) is 0 Å². The van der Waals surface area contributed by atoms with E-state index in [2.05, 4.69) is 21.7 Å². The normalized spacial score (nSPS) is 30.0. The lowest BCUT2D eigenvalue weighted by Crippen LogP contribution is -2.61. The number of hydrogen-bond donors (Lipinski definition) is 3. The van der Waals surface area contributed by atoms with Gasteiger partial charge < -0.3 is 10.3 Å². The standard InChI is InChI=1S/C16H19N3O/c20-16-15(18-13-7-3-4-8-14(13)19-16)11-9-17-12-6-2-1-5-10(11)12/h1-2,5-6,9,13-15,17-18H,3-4,7-8H2,(H,19,20)/t13-,14-,15?/m0/s1. The maximum Gasteiger partial charge on any atom is 0.242 e. The van der Waals surface area contributed by atoms with Crippen LogP contribution in [-0.4, -0.2) is 23.0 Å². The van der Waals surface area contributed by atoms with Crippen LogP contribution in [0.1, 0.15) is 37.3 Å². The van der Waals surface area contributed by atoms with Gasteiger partial charge in [0.15, 0.2) is 0 Å². The Hall–Kier alpha value is -1.81. The molecule has 104 valence electrons. The fourth-order valence-corrected chi connectivity index (χ4v) is 3.62. The van der Waals surface area contributed by atoms with Crippen molar-refractivity contribution in [3.05, 3.63) is 36.0 Å². The highest BCUT2D eigenvalue weighted by atomic mass is 16.2. The Kier molecular flexibility index (Phi) is 2.77. The van der Waals surface area contributed by atoms with Gasteiger partial charge in [0, 0.05) is 34.7 Å². The second-order valence-corrected chi connectivity index (χ2v) is 5.90. The molecule has 1 saturated heterocycles. The zero-order valence-corrected chi connectivity index (χ0v) is 11.4. The molecule has 1 aliphatic heterocycles. The highest BCUT2D eigenvalue weighted by Crippen LogP contribution is 2.30. The van der Waals surface area contributed by atoms with Gasteiger partial charge >= 0.3 is 0 Å². The quantitative estimate of drug-likeness (QED) is 0.743. The number of aromatic amines is 1. The summed E-state index contributed by atoms with van der Waals surface area (Å²) in [6, 6.07) is 8.65. The van der Waals surface area contributed by atoms with Crippen LogP contribution in [0.5, 0.6) is 0 Å². The molecule has 1 aromatic heterocycles. The summed E-state index contributed by atoms with van der Waals surface area (Å²) in [4.78, 5) is 15.7. The van der Waals surface area contributed by atoms with E-state index in [1.54, 1.807) is 0 Å². The molecule has 4 heteroatoms. The number of benzene rings is 1. The third kappa shape index (κ3) is 1.83. The first-order valence-electron chi connectivity index (χ1n) is 7.45. The zero-order valence-electron chi connectivity index (χ0n) is 11.4. The predicted octanol–water partition coefficient (Wildman–Crippen LogP) is 2.24. The van der Waals surface area contributed by atoms with Crippen LogP contribution < -0.4 is 10.6 Å². The number of amides is 1. The molecule has 2 fully saturated rings. The van der Waals surface area contributed by atoms with Crippen molar-refractivity contribution in [1.82, 2.24) is 15.6 Å². The van der Waals surface area contributed by atoms with Crippen LogP contribution >= 0.6 is 0 Å². The Morgan fingerprint density at radius 2 is 1.85 bits per heavy atom. The molecular formula is C16H19N3O. The number of rotatable bonds is 1. The Labute approximate surface area is 117 Å². The van der Waals surface area contributed by atoms with Gasteiger partial charge in [-0.05, 0) is 18.9 Å². The summed E-state index contributed by atoms with van der Waals surface area (Å²) in [6.07, 6.45) is 6.70. The van der Waals surface area contributed by atoms with E-state index in [9.17, 15) is 4.79 Å². The molecular weight excluding hydrogens is 250 g/mol. The highest BCUT2D eigenvalue weighted by Gasteiger charge is 2.37. The van der Waals surface area contributed by atoms with Gasteiger partial charge in [0.2, 0.25) is 5.91 Å². The van der Waals surface area contributed by atoms with Gasteiger partial charge in [-0.3, -0.25) is 10.1 Å². The van der Waals surface area contributed by atoms with Gasteiger partial charge in [0.25, 0.3) is 0 Å². The van der Waals surface area contributed by atoms with Crippen LogP contribution in [0.25, 0.3) is 10.9 Å². The van der Waals surface area contributed by atoms with Crippen molar-refractivity contribution in [2.45, 2.75) is 43.8 Å². The Balaban J connectivity index is 1.69. The fourth-order valence-electron chi connectivity index (χ4n) is 3.62. The van der Waals surface area contributed by atoms with Crippen LogP contribution in [0.15, 0.2) is 30.5 Å². The van der Waals surface area contributed by atoms with E-state index in [-0.39, 0.29) is 11.9 Å². The number of piperazine rings is 1. The van der Waals surface area contributed by atoms with Crippen molar-refractivity contribution in [3.63, 3.8) is 0 Å². The van der Waals surface area contributed by atoms with Gasteiger partial charge in [-0.1, -0.05) is 31.0 Å². The van der Waals surface area contributed by atoms with Gasteiger partial charge in [-0.2, -0.15) is 0 Å². The van der Waals surface area contributed by atoms with E-state index in [1.807, 2.05) is 24.4 Å². The zero-order chi connectivity index (χ0) is 13.5. The monoisotopic (exact) mass is 269 g/mol. The molecule has 1 aromatic carbocycles. The Bertz CT molecular complexity index is 648. The van der Waals surface area contributed by atoms with E-state index in [1.165, 1.54) is 12.8 Å². The number of fused-ring (bicyclic) bond motifs is 2. The summed E-state index contributed by atoms with van der Waals surface area (Å²) in [5.74, 6) is 0.109. The number of para-hydroxylation sites is 1. The molecule has 3 atom stereocenters. The van der Waals surface area contributed by atoms with Crippen LogP contribution in [0.3, 0.4) is 0 Å². The first-order chi connectivity index (χ1) is 9.83. The van der Waals surface area contributed by atoms with Gasteiger partial charge in [0.1, 0.15) is 6.04 Å². The lowest BCUT2D eigenvalue weighted by atomic mass is 9.86. The average Bonchev–Trinajstić information content (AvgIpc) is 2.90. The molecule has 20 heavy (non-hydrogen) atoms. The van der Waals surface area contributed by atoms with Crippen molar-refractivity contribution in [2.24, 2.45) is 0 Å². The number of carbonyl (C=O) groups is 1. The molecule has 2 heterocycles. The highest BCUT2D eigenvalue weighted by molar-refractivity contribution is 5.92. The second kappa shape index (κ2) is 4.63. The summed E-state index contributed by atoms with van der Waals surface area (Å²) >= 11 is 0. The minimum absolute atomic E-state index is 0.109. The molecule has 1 aliphatic carbocycles. The summed E-state index contributed by atoms with van der Waals surface area (Å²) in [7, 11) is 0. The third-order valence-electron chi connectivity index (χ3n) is 4.67. The molecule has 2 aromatic rings. The van der Waals surface area contributed by atoms with Gasteiger partial charge in [0.05, 0.1) is 0 Å². The number of nitrogens with one attached hydrogen (secondary N) is 3. The summed E-state index contributed by atoms with van der Waals surface area (Å²) in [5, 5.41) is 7.91.